The van der Waals surface area contributed by atoms with Crippen molar-refractivity contribution >= 4 is 21.9 Å². The maximum atomic E-state index is 9.27. The van der Waals surface area contributed by atoms with E-state index in [1.54, 1.807) is 0 Å². The summed E-state index contributed by atoms with van der Waals surface area (Å²) >= 11 is 0. The first-order valence-electron chi connectivity index (χ1n) is 14.1. The Morgan fingerprint density at radius 2 is 1.50 bits per heavy atom. The molecule has 0 atom stereocenters. The molecule has 7 nitrogen and oxygen atoms in total. The van der Waals surface area contributed by atoms with Gasteiger partial charge in [0.05, 0.1) is 47.9 Å². The standard InChI is InChI=1S/C35H31N5O2/c36-23-27-10-12-28(13-11-27)24-39-32-8-1-2-9-33(32)40(25-30-6-3-5-29-7-4-19-37-34(29)30)35(39)38-20-18-26-14-16-31(17-15-26)42-22-21-41/h1-17,19,41H,18,20-22,24-25H2/b38-35+. The number of hydrogen-bond donors (Lipinski definition) is 1. The number of fused-ring (bicyclic) bond motifs is 2. The largest absolute Gasteiger partial charge is 0.491 e. The number of imidazole rings is 1. The molecule has 42 heavy (non-hydrogen) atoms. The highest BCUT2D eigenvalue weighted by molar-refractivity contribution is 5.82. The zero-order chi connectivity index (χ0) is 28.7. The minimum Gasteiger partial charge on any atom is -0.491 e. The third kappa shape index (κ3) is 5.80. The van der Waals surface area contributed by atoms with Crippen molar-refractivity contribution in [3.05, 3.63) is 137 Å². The molecule has 6 rings (SSSR count). The Hall–Kier alpha value is -5.19. The Balaban J connectivity index is 1.42. The monoisotopic (exact) mass is 553 g/mol. The van der Waals surface area contributed by atoms with Gasteiger partial charge in [0.25, 0.3) is 0 Å². The van der Waals surface area contributed by atoms with Gasteiger partial charge in [-0.3, -0.25) is 9.98 Å². The average molecular weight is 554 g/mol. The number of ether oxygens (including phenoxy) is 1. The van der Waals surface area contributed by atoms with E-state index in [1.165, 1.54) is 0 Å². The summed E-state index contributed by atoms with van der Waals surface area (Å²) in [6.07, 6.45) is 2.62. The van der Waals surface area contributed by atoms with Crippen LogP contribution in [0, 0.1) is 11.3 Å². The van der Waals surface area contributed by atoms with Crippen LogP contribution in [0.2, 0.25) is 0 Å². The molecule has 0 fully saturated rings. The summed E-state index contributed by atoms with van der Waals surface area (Å²) < 4.78 is 10.1. The molecule has 0 amide bonds. The van der Waals surface area contributed by atoms with Gasteiger partial charge in [-0.2, -0.15) is 5.26 Å². The number of rotatable bonds is 10. The van der Waals surface area contributed by atoms with E-state index < -0.39 is 0 Å². The van der Waals surface area contributed by atoms with Crippen molar-refractivity contribution in [1.82, 2.24) is 14.1 Å². The molecule has 0 saturated carbocycles. The van der Waals surface area contributed by atoms with Crippen molar-refractivity contribution in [2.75, 3.05) is 19.8 Å². The van der Waals surface area contributed by atoms with Crippen molar-refractivity contribution < 1.29 is 9.84 Å². The predicted molar refractivity (Wildman–Crippen MR) is 164 cm³/mol. The lowest BCUT2D eigenvalue weighted by molar-refractivity contribution is 0.201. The van der Waals surface area contributed by atoms with Crippen LogP contribution in [0.5, 0.6) is 5.75 Å². The Morgan fingerprint density at radius 1 is 0.786 bits per heavy atom. The lowest BCUT2D eigenvalue weighted by Gasteiger charge is -2.10. The Bertz CT molecular complexity index is 1930. The number of para-hydroxylation sites is 3. The van der Waals surface area contributed by atoms with Gasteiger partial charge in [0.1, 0.15) is 12.4 Å². The molecule has 0 aliphatic heterocycles. The van der Waals surface area contributed by atoms with Crippen LogP contribution in [-0.4, -0.2) is 39.0 Å². The zero-order valence-corrected chi connectivity index (χ0v) is 23.2. The van der Waals surface area contributed by atoms with Gasteiger partial charge >= 0.3 is 0 Å². The highest BCUT2D eigenvalue weighted by Gasteiger charge is 2.14. The summed E-state index contributed by atoms with van der Waals surface area (Å²) in [5, 5.41) is 19.4. The molecule has 0 bridgehead atoms. The fourth-order valence-electron chi connectivity index (χ4n) is 5.30. The molecule has 0 aliphatic rings. The third-order valence-electron chi connectivity index (χ3n) is 7.35. The molecule has 0 saturated heterocycles. The van der Waals surface area contributed by atoms with Crippen molar-refractivity contribution in [2.45, 2.75) is 19.5 Å². The first-order valence-corrected chi connectivity index (χ1v) is 14.1. The Morgan fingerprint density at radius 3 is 2.24 bits per heavy atom. The topological polar surface area (TPSA) is 88.4 Å². The quantitative estimate of drug-likeness (QED) is 0.244. The van der Waals surface area contributed by atoms with Crippen LogP contribution < -0.4 is 10.4 Å². The lowest BCUT2D eigenvalue weighted by atomic mass is 10.1. The van der Waals surface area contributed by atoms with E-state index in [9.17, 15) is 5.26 Å². The van der Waals surface area contributed by atoms with Crippen LogP contribution in [0.1, 0.15) is 22.3 Å². The van der Waals surface area contributed by atoms with Crippen LogP contribution in [0.3, 0.4) is 0 Å². The van der Waals surface area contributed by atoms with Crippen molar-refractivity contribution in [3.63, 3.8) is 0 Å². The van der Waals surface area contributed by atoms with Gasteiger partial charge in [-0.05, 0) is 65.6 Å². The SMILES string of the molecule is N#Cc1ccc(Cn2/c(=N\CCc3ccc(OCCO)cc3)n(Cc3cccc4cccnc34)c3ccccc32)cc1. The molecule has 0 unspecified atom stereocenters. The van der Waals surface area contributed by atoms with Crippen LogP contribution in [0.25, 0.3) is 21.9 Å². The van der Waals surface area contributed by atoms with E-state index >= 15 is 0 Å². The maximum absolute atomic E-state index is 9.27. The summed E-state index contributed by atoms with van der Waals surface area (Å²) in [5.41, 5.74) is 8.12. The van der Waals surface area contributed by atoms with Gasteiger partial charge in [-0.1, -0.05) is 60.7 Å². The van der Waals surface area contributed by atoms with E-state index in [0.29, 0.717) is 25.2 Å². The number of aliphatic hydroxyl groups is 1. The Kier molecular flexibility index (Phi) is 8.07. The number of nitriles is 1. The van der Waals surface area contributed by atoms with Gasteiger partial charge in [-0.15, -0.1) is 0 Å². The highest BCUT2D eigenvalue weighted by atomic mass is 16.5. The van der Waals surface area contributed by atoms with Crippen molar-refractivity contribution in [2.24, 2.45) is 4.99 Å². The fraction of sp³-hybridized carbons (Fsp3) is 0.171. The second-order valence-electron chi connectivity index (χ2n) is 10.1. The van der Waals surface area contributed by atoms with Crippen LogP contribution in [0.4, 0.5) is 0 Å². The van der Waals surface area contributed by atoms with E-state index in [-0.39, 0.29) is 13.2 Å². The summed E-state index contributed by atoms with van der Waals surface area (Å²) in [6, 6.07) is 36.7. The maximum Gasteiger partial charge on any atom is 0.206 e. The van der Waals surface area contributed by atoms with Crippen molar-refractivity contribution in [1.29, 1.82) is 5.26 Å². The van der Waals surface area contributed by atoms with Crippen LogP contribution in [-0.2, 0) is 19.5 Å². The van der Waals surface area contributed by atoms with Crippen LogP contribution >= 0.6 is 0 Å². The molecular formula is C35H31N5O2. The van der Waals surface area contributed by atoms with Crippen LogP contribution in [0.15, 0.2) is 114 Å². The van der Waals surface area contributed by atoms with E-state index in [0.717, 1.165) is 56.4 Å². The molecule has 6 aromatic rings. The number of hydrogen-bond acceptors (Lipinski definition) is 5. The molecule has 0 spiro atoms. The summed E-state index contributed by atoms with van der Waals surface area (Å²) in [4.78, 5) is 9.91. The molecule has 0 aliphatic carbocycles. The zero-order valence-electron chi connectivity index (χ0n) is 23.2. The first kappa shape index (κ1) is 27.0. The van der Waals surface area contributed by atoms with E-state index in [1.807, 2.05) is 60.8 Å². The van der Waals surface area contributed by atoms with Gasteiger partial charge in [0.2, 0.25) is 5.62 Å². The molecule has 208 valence electrons. The number of aliphatic hydroxyl groups excluding tert-OH is 1. The molecule has 0 radical (unpaired) electrons. The Labute approximate surface area is 244 Å². The molecule has 2 aromatic heterocycles. The van der Waals surface area contributed by atoms with Gasteiger partial charge < -0.3 is 19.0 Å². The average Bonchev–Trinajstić information content (AvgIpc) is 3.32. The first-order chi connectivity index (χ1) is 20.7. The van der Waals surface area contributed by atoms with Gasteiger partial charge in [-0.25, -0.2) is 0 Å². The van der Waals surface area contributed by atoms with Gasteiger partial charge in [0.15, 0.2) is 0 Å². The predicted octanol–water partition coefficient (Wildman–Crippen LogP) is 5.47. The van der Waals surface area contributed by atoms with Crippen molar-refractivity contribution in [3.8, 4) is 11.8 Å². The molecule has 7 heteroatoms. The highest BCUT2D eigenvalue weighted by Crippen LogP contribution is 2.21. The number of pyridine rings is 1. The fourth-order valence-corrected chi connectivity index (χ4v) is 5.30. The molecular weight excluding hydrogens is 522 g/mol. The molecule has 4 aromatic carbocycles. The third-order valence-corrected chi connectivity index (χ3v) is 7.35. The molecule has 1 N–H and O–H groups in total. The second-order valence-corrected chi connectivity index (χ2v) is 10.1. The summed E-state index contributed by atoms with van der Waals surface area (Å²) in [7, 11) is 0. The number of aromatic nitrogens is 3. The second kappa shape index (κ2) is 12.5. The molecule has 2 heterocycles. The minimum atomic E-state index is -0.00800. The number of benzene rings is 4. The normalized spacial score (nSPS) is 11.7. The minimum absolute atomic E-state index is 0.00800. The van der Waals surface area contributed by atoms with E-state index in [2.05, 4.69) is 63.7 Å². The summed E-state index contributed by atoms with van der Waals surface area (Å²) in [6.45, 7) is 2.14. The smallest absolute Gasteiger partial charge is 0.206 e. The number of nitrogens with zero attached hydrogens (tertiary/aromatic N) is 5. The summed E-state index contributed by atoms with van der Waals surface area (Å²) in [5.74, 6) is 0.744. The van der Waals surface area contributed by atoms with E-state index in [4.69, 9.17) is 19.8 Å². The van der Waals surface area contributed by atoms with Gasteiger partial charge in [0, 0.05) is 18.1 Å². The lowest BCUT2D eigenvalue weighted by Crippen LogP contribution is -2.28.